The van der Waals surface area contributed by atoms with Crippen LogP contribution >= 0.6 is 11.9 Å². The van der Waals surface area contributed by atoms with Crippen molar-refractivity contribution in [3.05, 3.63) is 89.2 Å². The summed E-state index contributed by atoms with van der Waals surface area (Å²) < 4.78 is 3.27. The molecule has 1 aliphatic heterocycles. The van der Waals surface area contributed by atoms with E-state index in [1.54, 1.807) is 0 Å². The van der Waals surface area contributed by atoms with Crippen LogP contribution in [-0.2, 0) is 4.79 Å². The zero-order chi connectivity index (χ0) is 26.8. The predicted octanol–water partition coefficient (Wildman–Crippen LogP) is 8.60. The van der Waals surface area contributed by atoms with Crippen LogP contribution < -0.4 is 4.72 Å². The fraction of sp³-hybridized carbons (Fsp3) is 0.452. The second kappa shape index (κ2) is 19.0. The van der Waals surface area contributed by atoms with Gasteiger partial charge in [-0.25, -0.2) is 0 Å². The summed E-state index contributed by atoms with van der Waals surface area (Å²) in [4.78, 5) is 14.4. The first-order chi connectivity index (χ1) is 16.5. The molecular weight excluding hydrogens is 448 g/mol. The quantitative estimate of drug-likeness (QED) is 0.169. The molecule has 0 amide bonds. The minimum atomic E-state index is 0.477. The third-order valence-corrected chi connectivity index (χ3v) is 6.09. The molecule has 4 heteroatoms. The number of carbonyl (C=O) groups excluding carboxylic acids is 1. The summed E-state index contributed by atoms with van der Waals surface area (Å²) in [7, 11) is 2.19. The van der Waals surface area contributed by atoms with Crippen molar-refractivity contribution in [2.24, 2.45) is 5.92 Å². The molecule has 1 aromatic rings. The molecule has 1 heterocycles. The van der Waals surface area contributed by atoms with Crippen molar-refractivity contribution >= 4 is 23.1 Å². The maximum atomic E-state index is 11.1. The molecule has 0 radical (unpaired) electrons. The third-order valence-electron chi connectivity index (χ3n) is 5.00. The molecule has 1 aliphatic rings. The molecule has 1 N–H and O–H groups in total. The minimum absolute atomic E-state index is 0.477. The van der Waals surface area contributed by atoms with Gasteiger partial charge in [0, 0.05) is 16.2 Å². The average Bonchev–Trinajstić information content (AvgIpc) is 2.83. The van der Waals surface area contributed by atoms with Crippen LogP contribution in [-0.4, -0.2) is 31.3 Å². The number of nitrogens with one attached hydrogen (secondary N) is 1. The van der Waals surface area contributed by atoms with Crippen LogP contribution in [0.15, 0.2) is 83.6 Å². The lowest BCUT2D eigenvalue weighted by atomic mass is 10.1. The number of hydrogen-bond acceptors (Lipinski definition) is 4. The van der Waals surface area contributed by atoms with Gasteiger partial charge >= 0.3 is 0 Å². The summed E-state index contributed by atoms with van der Waals surface area (Å²) in [5.41, 5.74) is 5.49. The van der Waals surface area contributed by atoms with Crippen LogP contribution in [0.4, 0.5) is 0 Å². The van der Waals surface area contributed by atoms with E-state index in [0.717, 1.165) is 39.5 Å². The highest BCUT2D eigenvalue weighted by Crippen LogP contribution is 2.32. The smallest absolute Gasteiger partial charge is 0.149 e. The maximum Gasteiger partial charge on any atom is 0.149 e. The van der Waals surface area contributed by atoms with Gasteiger partial charge in [-0.2, -0.15) is 0 Å². The molecule has 0 atom stereocenters. The fourth-order valence-electron chi connectivity index (χ4n) is 2.81. The Bertz CT molecular complexity index is 866. The molecule has 1 aromatic carbocycles. The fourth-order valence-corrected chi connectivity index (χ4v) is 3.74. The number of aldehydes is 1. The summed E-state index contributed by atoms with van der Waals surface area (Å²) in [6, 6.07) is 9.94. The normalized spacial score (nSPS) is 14.4. The Kier molecular flexibility index (Phi) is 17.7. The van der Waals surface area contributed by atoms with Crippen molar-refractivity contribution in [1.82, 2.24) is 9.62 Å². The molecule has 194 valence electrons. The van der Waals surface area contributed by atoms with Crippen LogP contribution in [0.25, 0.3) is 4.91 Å². The second-order valence-corrected chi connectivity index (χ2v) is 10.7. The van der Waals surface area contributed by atoms with Crippen molar-refractivity contribution in [2.45, 2.75) is 67.7 Å². The maximum absolute atomic E-state index is 11.1. The van der Waals surface area contributed by atoms with Crippen LogP contribution in [0.5, 0.6) is 0 Å². The lowest BCUT2D eigenvalue weighted by Crippen LogP contribution is -2.24. The Hall–Kier alpha value is -2.30. The van der Waals surface area contributed by atoms with Crippen LogP contribution in [0.1, 0.15) is 73.3 Å². The van der Waals surface area contributed by atoms with Gasteiger partial charge in [0.05, 0.1) is 0 Å². The predicted molar refractivity (Wildman–Crippen MR) is 159 cm³/mol. The van der Waals surface area contributed by atoms with Gasteiger partial charge in [0.25, 0.3) is 0 Å². The Morgan fingerprint density at radius 1 is 0.971 bits per heavy atom. The number of nitrogens with zero attached hydrogens (tertiary/aromatic N) is 1. The van der Waals surface area contributed by atoms with E-state index in [1.807, 2.05) is 50.3 Å². The molecule has 0 aliphatic carbocycles. The summed E-state index contributed by atoms with van der Waals surface area (Å²) in [5.74, 6) is 0.833. The van der Waals surface area contributed by atoms with Crippen LogP contribution in [0, 0.1) is 5.92 Å². The lowest BCUT2D eigenvalue weighted by Gasteiger charge is -2.20. The van der Waals surface area contributed by atoms with Crippen molar-refractivity contribution in [3.8, 4) is 0 Å². The van der Waals surface area contributed by atoms with E-state index in [0.29, 0.717) is 5.57 Å². The second-order valence-electron chi connectivity index (χ2n) is 9.84. The molecule has 1 fully saturated rings. The Balaban J connectivity index is 0.000000860. The molecule has 0 spiro atoms. The lowest BCUT2D eigenvalue weighted by molar-refractivity contribution is -0.104. The SMILES string of the molecule is C=C(C=O)/C(C)=C(\SNC(=C)/C(C)=C/C=C(C)C)c1ccccc1.CC(C)C.CN1CCCCC1. The van der Waals surface area contributed by atoms with Crippen LogP contribution in [0.3, 0.4) is 0 Å². The van der Waals surface area contributed by atoms with Crippen LogP contribution in [0.2, 0.25) is 0 Å². The highest BCUT2D eigenvalue weighted by Gasteiger charge is 2.10. The zero-order valence-electron chi connectivity index (χ0n) is 23.4. The van der Waals surface area contributed by atoms with E-state index >= 15 is 0 Å². The number of likely N-dealkylation sites (tertiary alicyclic amines) is 1. The summed E-state index contributed by atoms with van der Waals surface area (Å²) in [6.07, 6.45) is 9.15. The van der Waals surface area contributed by atoms with Crippen molar-refractivity contribution in [3.63, 3.8) is 0 Å². The van der Waals surface area contributed by atoms with Gasteiger partial charge in [-0.05, 0) is 95.2 Å². The zero-order valence-corrected chi connectivity index (χ0v) is 24.2. The molecule has 1 saturated heterocycles. The van der Waals surface area contributed by atoms with Gasteiger partial charge < -0.3 is 9.62 Å². The number of piperidine rings is 1. The summed E-state index contributed by atoms with van der Waals surface area (Å²) >= 11 is 1.45. The molecule has 35 heavy (non-hydrogen) atoms. The van der Waals surface area contributed by atoms with Gasteiger partial charge in [-0.3, -0.25) is 4.79 Å². The molecule has 0 saturated carbocycles. The molecule has 0 unspecified atom stereocenters. The Morgan fingerprint density at radius 2 is 1.51 bits per heavy atom. The monoisotopic (exact) mass is 496 g/mol. The highest BCUT2D eigenvalue weighted by molar-refractivity contribution is 8.06. The first-order valence-corrected chi connectivity index (χ1v) is 13.3. The van der Waals surface area contributed by atoms with E-state index in [1.165, 1.54) is 49.9 Å². The van der Waals surface area contributed by atoms with Crippen molar-refractivity contribution < 1.29 is 4.79 Å². The largest absolute Gasteiger partial charge is 0.326 e. The van der Waals surface area contributed by atoms with Gasteiger partial charge in [0.2, 0.25) is 0 Å². The topological polar surface area (TPSA) is 32.3 Å². The van der Waals surface area contributed by atoms with E-state index in [9.17, 15) is 4.79 Å². The highest BCUT2D eigenvalue weighted by atomic mass is 32.2. The summed E-state index contributed by atoms with van der Waals surface area (Å²) in [5, 5.41) is 0. The van der Waals surface area contributed by atoms with Crippen molar-refractivity contribution in [2.75, 3.05) is 20.1 Å². The first kappa shape index (κ1) is 32.7. The molecule has 0 bridgehead atoms. The molecule has 3 nitrogen and oxygen atoms in total. The number of hydrogen-bond donors (Lipinski definition) is 1. The van der Waals surface area contributed by atoms with E-state index in [4.69, 9.17) is 0 Å². The van der Waals surface area contributed by atoms with Gasteiger partial charge in [-0.15, -0.1) is 0 Å². The van der Waals surface area contributed by atoms with Crippen molar-refractivity contribution in [1.29, 1.82) is 0 Å². The summed E-state index contributed by atoms with van der Waals surface area (Å²) in [6.45, 7) is 25.1. The third kappa shape index (κ3) is 16.1. The van der Waals surface area contributed by atoms with Gasteiger partial charge in [0.1, 0.15) is 6.29 Å². The average molecular weight is 497 g/mol. The number of carbonyl (C=O) groups is 1. The minimum Gasteiger partial charge on any atom is -0.326 e. The Labute approximate surface area is 220 Å². The molecule has 2 rings (SSSR count). The Morgan fingerprint density at radius 3 is 1.94 bits per heavy atom. The molecule has 0 aromatic heterocycles. The van der Waals surface area contributed by atoms with E-state index < -0.39 is 0 Å². The number of benzene rings is 1. The van der Waals surface area contributed by atoms with E-state index in [2.05, 4.69) is 70.5 Å². The van der Waals surface area contributed by atoms with Gasteiger partial charge in [0.15, 0.2) is 0 Å². The number of rotatable bonds is 8. The number of allylic oxidation sites excluding steroid dienone is 6. The first-order valence-electron chi connectivity index (χ1n) is 12.5. The van der Waals surface area contributed by atoms with E-state index in [-0.39, 0.29) is 0 Å². The van der Waals surface area contributed by atoms with Gasteiger partial charge in [-0.1, -0.05) is 88.4 Å². The standard InChI is InChI=1S/C21H25NOS.C6H13N.C4H10/c1-15(2)12-13-16(3)19(6)22-24-21(18(5)17(4)14-23)20-10-8-7-9-11-20;1-7-5-3-2-4-6-7;1-4(2)3/h7-14,22H,4,6H2,1-3,5H3;2-6H2,1H3;4H,1-3H3/b16-13+,21-18-;;. The molecular formula is C31H48N2OS.